The molecule has 0 aromatic carbocycles. The number of methoxy groups -OCH3 is 1. The van der Waals surface area contributed by atoms with Gasteiger partial charge in [-0.1, -0.05) is 22.4 Å². The van der Waals surface area contributed by atoms with Gasteiger partial charge in [0, 0.05) is 12.5 Å². The molecule has 2 saturated carbocycles. The van der Waals surface area contributed by atoms with Crippen molar-refractivity contribution in [1.82, 2.24) is 5.32 Å². The van der Waals surface area contributed by atoms with Gasteiger partial charge < -0.3 is 10.1 Å². The molecule has 2 rings (SSSR count). The van der Waals surface area contributed by atoms with E-state index in [4.69, 9.17) is 0 Å². The summed E-state index contributed by atoms with van der Waals surface area (Å²) in [7, 11) is 1.34. The topological polar surface area (TPSA) is 55.4 Å². The van der Waals surface area contributed by atoms with Crippen LogP contribution in [0.4, 0.5) is 0 Å². The first-order valence-electron chi connectivity index (χ1n) is 6.11. The molecular weight excluding hydrogens is 286 g/mol. The zero-order valence-electron chi connectivity index (χ0n) is 9.95. The zero-order valence-corrected chi connectivity index (χ0v) is 11.5. The number of hydrogen-bond donors (Lipinski definition) is 1. The number of fused-ring (bicyclic) bond motifs is 2. The summed E-state index contributed by atoms with van der Waals surface area (Å²) < 4.78 is 4.58. The minimum Gasteiger partial charge on any atom is -0.468 e. The van der Waals surface area contributed by atoms with Gasteiger partial charge >= 0.3 is 5.97 Å². The molecule has 0 aromatic heterocycles. The predicted octanol–water partition coefficient (Wildman–Crippen LogP) is 1.48. The second-order valence-corrected chi connectivity index (χ2v) is 6.12. The predicted molar refractivity (Wildman–Crippen MR) is 66.7 cm³/mol. The summed E-state index contributed by atoms with van der Waals surface area (Å²) >= 11 is 3.19. The average Bonchev–Trinajstić information content (AvgIpc) is 2.96. The van der Waals surface area contributed by atoms with Crippen LogP contribution >= 0.6 is 15.9 Å². The Hall–Kier alpha value is -0.580. The molecule has 4 atom stereocenters. The third-order valence-electron chi connectivity index (χ3n) is 3.99. The van der Waals surface area contributed by atoms with Crippen molar-refractivity contribution in [2.75, 3.05) is 13.7 Å². The minimum absolute atomic E-state index is 0.102. The van der Waals surface area contributed by atoms with E-state index in [0.29, 0.717) is 12.5 Å². The van der Waals surface area contributed by atoms with Crippen molar-refractivity contribution in [3.8, 4) is 0 Å². The van der Waals surface area contributed by atoms with Gasteiger partial charge in [-0.2, -0.15) is 0 Å². The molecule has 2 aliphatic carbocycles. The molecule has 0 aliphatic heterocycles. The molecule has 0 radical (unpaired) electrons. The van der Waals surface area contributed by atoms with E-state index in [1.165, 1.54) is 26.4 Å². The van der Waals surface area contributed by atoms with Gasteiger partial charge in [0.25, 0.3) is 0 Å². The van der Waals surface area contributed by atoms with Gasteiger partial charge in [0.15, 0.2) is 0 Å². The van der Waals surface area contributed by atoms with Gasteiger partial charge in [0.1, 0.15) is 4.83 Å². The number of carbonyl (C=O) groups is 2. The van der Waals surface area contributed by atoms with Crippen molar-refractivity contribution >= 4 is 27.8 Å². The number of ether oxygens (including phenoxy) is 1. The Morgan fingerprint density at radius 2 is 2.18 bits per heavy atom. The number of hydrogen-bond acceptors (Lipinski definition) is 3. The number of esters is 1. The highest BCUT2D eigenvalue weighted by Gasteiger charge is 2.43. The summed E-state index contributed by atoms with van der Waals surface area (Å²) in [5.74, 6) is 1.26. The van der Waals surface area contributed by atoms with Crippen LogP contribution in [0.3, 0.4) is 0 Å². The first-order chi connectivity index (χ1) is 8.11. The summed E-state index contributed by atoms with van der Waals surface area (Å²) in [5, 5.41) is 2.84. The molecule has 1 N–H and O–H groups in total. The maximum atomic E-state index is 12.0. The highest BCUT2D eigenvalue weighted by Crippen LogP contribution is 2.48. The van der Waals surface area contributed by atoms with Gasteiger partial charge in [-0.3, -0.25) is 9.59 Å². The van der Waals surface area contributed by atoms with Crippen LogP contribution in [0, 0.1) is 17.8 Å². The highest BCUT2D eigenvalue weighted by atomic mass is 79.9. The minimum atomic E-state index is -0.449. The zero-order chi connectivity index (χ0) is 12.4. The molecule has 17 heavy (non-hydrogen) atoms. The summed E-state index contributed by atoms with van der Waals surface area (Å²) in [6.07, 6.45) is 4.73. The van der Waals surface area contributed by atoms with E-state index in [-0.39, 0.29) is 17.8 Å². The standard InChI is InChI=1S/C12H18BrNO3/c1-17-12(16)10(13)6-14-11(15)9-5-7-2-3-8(9)4-7/h7-10H,2-6H2,1H3,(H,14,15). The van der Waals surface area contributed by atoms with Crippen molar-refractivity contribution in [3.05, 3.63) is 0 Å². The van der Waals surface area contributed by atoms with E-state index in [9.17, 15) is 9.59 Å². The Morgan fingerprint density at radius 1 is 1.41 bits per heavy atom. The lowest BCUT2D eigenvalue weighted by molar-refractivity contribution is -0.139. The maximum absolute atomic E-state index is 12.0. The Kier molecular flexibility index (Phi) is 4.07. The van der Waals surface area contributed by atoms with Crippen LogP contribution in [-0.2, 0) is 14.3 Å². The van der Waals surface area contributed by atoms with E-state index < -0.39 is 4.83 Å². The van der Waals surface area contributed by atoms with Gasteiger partial charge in [-0.15, -0.1) is 0 Å². The van der Waals surface area contributed by atoms with E-state index in [0.717, 1.165) is 12.3 Å². The van der Waals surface area contributed by atoms with Crippen LogP contribution in [0.5, 0.6) is 0 Å². The molecule has 0 aromatic rings. The van der Waals surface area contributed by atoms with Crippen LogP contribution < -0.4 is 5.32 Å². The molecule has 0 saturated heterocycles. The van der Waals surface area contributed by atoms with Crippen LogP contribution in [-0.4, -0.2) is 30.4 Å². The lowest BCUT2D eigenvalue weighted by Gasteiger charge is -2.21. The molecule has 2 aliphatic rings. The first-order valence-corrected chi connectivity index (χ1v) is 7.03. The second kappa shape index (κ2) is 5.38. The van der Waals surface area contributed by atoms with Crippen molar-refractivity contribution in [3.63, 3.8) is 0 Å². The number of halogens is 1. The Labute approximate surface area is 110 Å². The van der Waals surface area contributed by atoms with Crippen LogP contribution in [0.25, 0.3) is 0 Å². The quantitative estimate of drug-likeness (QED) is 0.632. The Bertz CT molecular complexity index is 321. The largest absolute Gasteiger partial charge is 0.468 e. The fourth-order valence-corrected chi connectivity index (χ4v) is 3.45. The van der Waals surface area contributed by atoms with Crippen molar-refractivity contribution in [1.29, 1.82) is 0 Å². The molecule has 4 unspecified atom stereocenters. The molecule has 2 fully saturated rings. The molecule has 1 amide bonds. The molecule has 2 bridgehead atoms. The van der Waals surface area contributed by atoms with Gasteiger partial charge in [-0.05, 0) is 31.1 Å². The maximum Gasteiger partial charge on any atom is 0.321 e. The molecule has 96 valence electrons. The van der Waals surface area contributed by atoms with E-state index in [1.807, 2.05) is 0 Å². The van der Waals surface area contributed by atoms with Crippen LogP contribution in [0.15, 0.2) is 0 Å². The Morgan fingerprint density at radius 3 is 2.71 bits per heavy atom. The van der Waals surface area contributed by atoms with Crippen molar-refractivity contribution in [2.45, 2.75) is 30.5 Å². The van der Waals surface area contributed by atoms with E-state index in [2.05, 4.69) is 26.0 Å². The molecule has 4 nitrogen and oxygen atoms in total. The number of carbonyl (C=O) groups excluding carboxylic acids is 2. The van der Waals surface area contributed by atoms with Gasteiger partial charge in [0.05, 0.1) is 7.11 Å². The van der Waals surface area contributed by atoms with Crippen LogP contribution in [0.2, 0.25) is 0 Å². The first kappa shape index (κ1) is 12.9. The number of nitrogens with one attached hydrogen (secondary N) is 1. The summed E-state index contributed by atoms with van der Waals surface area (Å²) in [6, 6.07) is 0. The molecule has 5 heteroatoms. The average molecular weight is 304 g/mol. The highest BCUT2D eigenvalue weighted by molar-refractivity contribution is 9.10. The van der Waals surface area contributed by atoms with Gasteiger partial charge in [-0.25, -0.2) is 0 Å². The molecular formula is C12H18BrNO3. The smallest absolute Gasteiger partial charge is 0.321 e. The lowest BCUT2D eigenvalue weighted by atomic mass is 9.88. The summed E-state index contributed by atoms with van der Waals surface area (Å²) in [6.45, 7) is 0.305. The number of alkyl halides is 1. The molecule has 0 spiro atoms. The number of rotatable bonds is 4. The lowest BCUT2D eigenvalue weighted by Crippen LogP contribution is -2.39. The fourth-order valence-electron chi connectivity index (χ4n) is 3.10. The van der Waals surface area contributed by atoms with E-state index in [1.54, 1.807) is 0 Å². The number of amides is 1. The normalized spacial score (nSPS) is 32.2. The van der Waals surface area contributed by atoms with E-state index >= 15 is 0 Å². The Balaban J connectivity index is 1.76. The molecule has 0 heterocycles. The summed E-state index contributed by atoms with van der Waals surface area (Å²) in [4.78, 5) is 22.7. The SMILES string of the molecule is COC(=O)C(Br)CNC(=O)C1CC2CCC1C2. The van der Waals surface area contributed by atoms with Crippen molar-refractivity contribution in [2.24, 2.45) is 17.8 Å². The third-order valence-corrected chi connectivity index (χ3v) is 4.68. The monoisotopic (exact) mass is 303 g/mol. The second-order valence-electron chi connectivity index (χ2n) is 5.02. The summed E-state index contributed by atoms with van der Waals surface area (Å²) in [5.41, 5.74) is 0. The fraction of sp³-hybridized carbons (Fsp3) is 0.833. The van der Waals surface area contributed by atoms with Crippen molar-refractivity contribution < 1.29 is 14.3 Å². The third kappa shape index (κ3) is 2.81. The van der Waals surface area contributed by atoms with Gasteiger partial charge in [0.2, 0.25) is 5.91 Å². The van der Waals surface area contributed by atoms with Crippen LogP contribution in [0.1, 0.15) is 25.7 Å².